The van der Waals surface area contributed by atoms with Gasteiger partial charge in [-0.15, -0.1) is 0 Å². The Labute approximate surface area is 73.9 Å². The zero-order valence-corrected chi connectivity index (χ0v) is 7.51. The molecule has 1 aliphatic carbocycles. The Bertz CT molecular complexity index is 130. The standard InChI is InChI=1S/C9H18N2O/c1-2-8(3-1)11-6-9-7-12-5-4-10-9/h8-11H,1-7H2. The summed E-state index contributed by atoms with van der Waals surface area (Å²) < 4.78 is 5.36. The second-order valence-electron chi connectivity index (χ2n) is 3.76. The average Bonchev–Trinajstić information content (AvgIpc) is 2.04. The molecule has 1 saturated heterocycles. The van der Waals surface area contributed by atoms with Gasteiger partial charge >= 0.3 is 0 Å². The van der Waals surface area contributed by atoms with Gasteiger partial charge in [0.15, 0.2) is 0 Å². The fourth-order valence-corrected chi connectivity index (χ4v) is 1.67. The molecule has 3 heteroatoms. The van der Waals surface area contributed by atoms with Gasteiger partial charge in [-0.1, -0.05) is 6.42 Å². The fourth-order valence-electron chi connectivity index (χ4n) is 1.67. The maximum atomic E-state index is 5.36. The van der Waals surface area contributed by atoms with Crippen molar-refractivity contribution < 1.29 is 4.74 Å². The summed E-state index contributed by atoms with van der Waals surface area (Å²) in [6.07, 6.45) is 4.15. The van der Waals surface area contributed by atoms with E-state index >= 15 is 0 Å². The summed E-state index contributed by atoms with van der Waals surface area (Å²) in [5, 5.41) is 6.98. The van der Waals surface area contributed by atoms with Crippen molar-refractivity contribution in [1.29, 1.82) is 0 Å². The van der Waals surface area contributed by atoms with Crippen molar-refractivity contribution in [1.82, 2.24) is 10.6 Å². The van der Waals surface area contributed by atoms with Crippen molar-refractivity contribution in [2.75, 3.05) is 26.3 Å². The summed E-state index contributed by atoms with van der Waals surface area (Å²) in [6.45, 7) is 3.83. The van der Waals surface area contributed by atoms with Crippen LogP contribution < -0.4 is 10.6 Å². The van der Waals surface area contributed by atoms with Crippen LogP contribution >= 0.6 is 0 Å². The van der Waals surface area contributed by atoms with Gasteiger partial charge in [0.25, 0.3) is 0 Å². The van der Waals surface area contributed by atoms with Gasteiger partial charge in [0, 0.05) is 25.2 Å². The van der Waals surface area contributed by atoms with Crippen LogP contribution in [0.3, 0.4) is 0 Å². The Morgan fingerprint density at radius 1 is 1.42 bits per heavy atom. The second-order valence-corrected chi connectivity index (χ2v) is 3.76. The van der Waals surface area contributed by atoms with E-state index in [0.29, 0.717) is 6.04 Å². The minimum atomic E-state index is 0.541. The SMILES string of the molecule is C1CC(NCC2COCCN2)C1. The maximum absolute atomic E-state index is 5.36. The Hall–Kier alpha value is -0.120. The third-order valence-electron chi connectivity index (χ3n) is 2.76. The fraction of sp³-hybridized carbons (Fsp3) is 1.00. The quantitative estimate of drug-likeness (QED) is 0.631. The van der Waals surface area contributed by atoms with Crippen molar-refractivity contribution in [3.63, 3.8) is 0 Å². The third kappa shape index (κ3) is 2.19. The van der Waals surface area contributed by atoms with Crippen LogP contribution in [0.4, 0.5) is 0 Å². The maximum Gasteiger partial charge on any atom is 0.0632 e. The molecule has 2 N–H and O–H groups in total. The van der Waals surface area contributed by atoms with Crippen LogP contribution in [-0.2, 0) is 4.74 Å². The van der Waals surface area contributed by atoms with E-state index in [2.05, 4.69) is 10.6 Å². The normalized spacial score (nSPS) is 31.5. The lowest BCUT2D eigenvalue weighted by Crippen LogP contribution is -2.50. The van der Waals surface area contributed by atoms with Crippen LogP contribution in [0.1, 0.15) is 19.3 Å². The van der Waals surface area contributed by atoms with Gasteiger partial charge in [0.2, 0.25) is 0 Å². The predicted molar refractivity (Wildman–Crippen MR) is 48.3 cm³/mol. The lowest BCUT2D eigenvalue weighted by molar-refractivity contribution is 0.0746. The molecule has 0 aromatic heterocycles. The van der Waals surface area contributed by atoms with Crippen molar-refractivity contribution in [2.45, 2.75) is 31.3 Å². The summed E-state index contributed by atoms with van der Waals surface area (Å²) in [7, 11) is 0. The van der Waals surface area contributed by atoms with Crippen LogP contribution in [-0.4, -0.2) is 38.4 Å². The minimum Gasteiger partial charge on any atom is -0.378 e. The molecule has 1 heterocycles. The van der Waals surface area contributed by atoms with E-state index in [-0.39, 0.29) is 0 Å². The topological polar surface area (TPSA) is 33.3 Å². The summed E-state index contributed by atoms with van der Waals surface area (Å²) in [5.41, 5.74) is 0. The van der Waals surface area contributed by atoms with Gasteiger partial charge in [-0.3, -0.25) is 0 Å². The smallest absolute Gasteiger partial charge is 0.0632 e. The van der Waals surface area contributed by atoms with Crippen molar-refractivity contribution >= 4 is 0 Å². The Kier molecular flexibility index (Phi) is 2.98. The number of hydrogen-bond acceptors (Lipinski definition) is 3. The monoisotopic (exact) mass is 170 g/mol. The van der Waals surface area contributed by atoms with E-state index in [1.54, 1.807) is 0 Å². The van der Waals surface area contributed by atoms with E-state index in [9.17, 15) is 0 Å². The van der Waals surface area contributed by atoms with Gasteiger partial charge in [0.1, 0.15) is 0 Å². The largest absolute Gasteiger partial charge is 0.378 e. The zero-order valence-electron chi connectivity index (χ0n) is 7.51. The van der Waals surface area contributed by atoms with Gasteiger partial charge in [-0.05, 0) is 12.8 Å². The Morgan fingerprint density at radius 2 is 2.33 bits per heavy atom. The molecule has 2 fully saturated rings. The van der Waals surface area contributed by atoms with Crippen LogP contribution in [0, 0.1) is 0 Å². The first-order valence-electron chi connectivity index (χ1n) is 4.99. The molecular weight excluding hydrogens is 152 g/mol. The highest BCUT2D eigenvalue weighted by atomic mass is 16.5. The molecule has 3 nitrogen and oxygen atoms in total. The average molecular weight is 170 g/mol. The molecule has 0 radical (unpaired) electrons. The van der Waals surface area contributed by atoms with Crippen molar-refractivity contribution in [3.8, 4) is 0 Å². The van der Waals surface area contributed by atoms with Crippen LogP contribution in [0.2, 0.25) is 0 Å². The first-order chi connectivity index (χ1) is 5.95. The van der Waals surface area contributed by atoms with Gasteiger partial charge in [-0.2, -0.15) is 0 Å². The van der Waals surface area contributed by atoms with E-state index in [1.807, 2.05) is 0 Å². The molecule has 12 heavy (non-hydrogen) atoms. The molecule has 0 bridgehead atoms. The zero-order chi connectivity index (χ0) is 8.23. The Balaban J connectivity index is 1.58. The third-order valence-corrected chi connectivity index (χ3v) is 2.76. The summed E-state index contributed by atoms with van der Waals surface area (Å²) in [4.78, 5) is 0. The molecule has 0 spiro atoms. The highest BCUT2D eigenvalue weighted by Crippen LogP contribution is 2.17. The van der Waals surface area contributed by atoms with Gasteiger partial charge < -0.3 is 15.4 Å². The lowest BCUT2D eigenvalue weighted by Gasteiger charge is -2.30. The highest BCUT2D eigenvalue weighted by Gasteiger charge is 2.19. The molecule has 0 aromatic rings. The number of morpholine rings is 1. The van der Waals surface area contributed by atoms with Crippen LogP contribution in [0.5, 0.6) is 0 Å². The Morgan fingerprint density at radius 3 is 2.92 bits per heavy atom. The number of ether oxygens (including phenoxy) is 1. The van der Waals surface area contributed by atoms with Crippen LogP contribution in [0.15, 0.2) is 0 Å². The summed E-state index contributed by atoms with van der Waals surface area (Å²) in [6, 6.07) is 1.34. The number of rotatable bonds is 3. The van der Waals surface area contributed by atoms with E-state index in [4.69, 9.17) is 4.74 Å². The summed E-state index contributed by atoms with van der Waals surface area (Å²) in [5.74, 6) is 0. The van der Waals surface area contributed by atoms with E-state index in [1.165, 1.54) is 19.3 Å². The molecule has 0 aromatic carbocycles. The molecule has 0 amide bonds. The number of nitrogens with one attached hydrogen (secondary N) is 2. The van der Waals surface area contributed by atoms with E-state index in [0.717, 1.165) is 32.3 Å². The first kappa shape index (κ1) is 8.48. The molecule has 1 saturated carbocycles. The second kappa shape index (κ2) is 4.21. The molecular formula is C9H18N2O. The molecule has 1 atom stereocenters. The molecule has 1 unspecified atom stereocenters. The highest BCUT2D eigenvalue weighted by molar-refractivity contribution is 4.80. The molecule has 2 aliphatic rings. The van der Waals surface area contributed by atoms with Gasteiger partial charge in [-0.25, -0.2) is 0 Å². The molecule has 70 valence electrons. The summed E-state index contributed by atoms with van der Waals surface area (Å²) >= 11 is 0. The van der Waals surface area contributed by atoms with Crippen molar-refractivity contribution in [2.24, 2.45) is 0 Å². The van der Waals surface area contributed by atoms with Crippen molar-refractivity contribution in [3.05, 3.63) is 0 Å². The van der Waals surface area contributed by atoms with Gasteiger partial charge in [0.05, 0.1) is 13.2 Å². The first-order valence-corrected chi connectivity index (χ1v) is 4.99. The van der Waals surface area contributed by atoms with Crippen LogP contribution in [0.25, 0.3) is 0 Å². The van der Waals surface area contributed by atoms with E-state index < -0.39 is 0 Å². The lowest BCUT2D eigenvalue weighted by atomic mass is 9.93. The predicted octanol–water partition coefficient (Wildman–Crippen LogP) is 0.117. The minimum absolute atomic E-state index is 0.541. The molecule has 2 rings (SSSR count). The molecule has 1 aliphatic heterocycles. The number of hydrogen-bond donors (Lipinski definition) is 2.